The Bertz CT molecular complexity index is 468. The Balaban J connectivity index is 1.98. The Morgan fingerprint density at radius 2 is 2.17 bits per heavy atom. The first-order valence-corrected chi connectivity index (χ1v) is 5.84. The van der Waals surface area contributed by atoms with E-state index in [2.05, 4.69) is 21.0 Å². The highest BCUT2D eigenvalue weighted by Crippen LogP contribution is 2.33. The molecule has 2 heterocycles. The molecule has 0 radical (unpaired) electrons. The van der Waals surface area contributed by atoms with Crippen LogP contribution in [0.15, 0.2) is 10.7 Å². The van der Waals surface area contributed by atoms with Crippen LogP contribution in [0.5, 0.6) is 0 Å². The zero-order valence-electron chi connectivity index (χ0n) is 8.98. The monoisotopic (exact) mass is 327 g/mol. The molecule has 1 saturated heterocycles. The zero-order chi connectivity index (χ0) is 13.5. The topological polar surface area (TPSA) is 58.4 Å². The molecule has 5 nitrogen and oxygen atoms in total. The van der Waals surface area contributed by atoms with Gasteiger partial charge in [-0.2, -0.15) is 18.3 Å². The molecule has 0 unspecified atom stereocenters. The molecule has 0 bridgehead atoms. The molecule has 1 amide bonds. The van der Waals surface area contributed by atoms with Crippen LogP contribution in [-0.2, 0) is 12.7 Å². The number of amides is 1. The molecule has 1 N–H and O–H groups in total. The molecule has 1 aromatic heterocycles. The van der Waals surface area contributed by atoms with Crippen LogP contribution < -0.4 is 0 Å². The Morgan fingerprint density at radius 3 is 2.61 bits per heavy atom. The fraction of sp³-hybridized carbons (Fsp3) is 0.556. The van der Waals surface area contributed by atoms with Crippen molar-refractivity contribution in [1.29, 1.82) is 0 Å². The lowest BCUT2D eigenvalue weighted by Crippen LogP contribution is -2.50. The molecule has 18 heavy (non-hydrogen) atoms. The van der Waals surface area contributed by atoms with Crippen LogP contribution in [0.2, 0.25) is 0 Å². The summed E-state index contributed by atoms with van der Waals surface area (Å²) in [5.41, 5.74) is -0.961. The van der Waals surface area contributed by atoms with E-state index < -0.39 is 18.0 Å². The first-order chi connectivity index (χ1) is 8.27. The molecule has 1 fully saturated rings. The highest BCUT2D eigenvalue weighted by atomic mass is 79.9. The summed E-state index contributed by atoms with van der Waals surface area (Å²) >= 11 is 2.81. The maximum atomic E-state index is 12.5. The average molecular weight is 328 g/mol. The van der Waals surface area contributed by atoms with Crippen molar-refractivity contribution in [3.63, 3.8) is 0 Å². The van der Waals surface area contributed by atoms with Gasteiger partial charge in [-0.3, -0.25) is 4.68 Å². The maximum absolute atomic E-state index is 12.5. The van der Waals surface area contributed by atoms with Gasteiger partial charge in [-0.25, -0.2) is 4.79 Å². The van der Waals surface area contributed by atoms with Crippen molar-refractivity contribution in [1.82, 2.24) is 14.7 Å². The summed E-state index contributed by atoms with van der Waals surface area (Å²) in [4.78, 5) is 11.7. The van der Waals surface area contributed by atoms with Gasteiger partial charge in [0, 0.05) is 31.7 Å². The Morgan fingerprint density at radius 1 is 1.56 bits per heavy atom. The number of hydrogen-bond acceptors (Lipinski definition) is 2. The Kier molecular flexibility index (Phi) is 3.26. The standard InChI is InChI=1S/C9H9BrF3N3O2/c10-6-4-16(14-7(6)9(11,12)13)3-5-1-15(2-5)8(17)18/h4-5H,1-3H2,(H,17,18). The lowest BCUT2D eigenvalue weighted by Gasteiger charge is -2.36. The van der Waals surface area contributed by atoms with Crippen LogP contribution in [0.25, 0.3) is 0 Å². The van der Waals surface area contributed by atoms with E-state index in [1.807, 2.05) is 0 Å². The van der Waals surface area contributed by atoms with Crippen molar-refractivity contribution in [2.45, 2.75) is 12.7 Å². The van der Waals surface area contributed by atoms with Crippen LogP contribution in [0, 0.1) is 5.92 Å². The second kappa shape index (κ2) is 4.45. The van der Waals surface area contributed by atoms with E-state index in [4.69, 9.17) is 5.11 Å². The minimum absolute atomic E-state index is 0.00832. The normalized spacial score (nSPS) is 16.8. The first kappa shape index (κ1) is 13.2. The largest absolute Gasteiger partial charge is 0.465 e. The van der Waals surface area contributed by atoms with Crippen LogP contribution >= 0.6 is 15.9 Å². The van der Waals surface area contributed by atoms with E-state index in [0.717, 1.165) is 0 Å². The number of carboxylic acid groups (broad SMARTS) is 1. The molecule has 0 spiro atoms. The third kappa shape index (κ3) is 2.60. The second-order valence-electron chi connectivity index (χ2n) is 4.10. The lowest BCUT2D eigenvalue weighted by atomic mass is 10.0. The molecule has 100 valence electrons. The summed E-state index contributed by atoms with van der Waals surface area (Å²) in [5, 5.41) is 12.1. The van der Waals surface area contributed by atoms with Crippen molar-refractivity contribution in [3.05, 3.63) is 16.4 Å². The first-order valence-electron chi connectivity index (χ1n) is 5.05. The SMILES string of the molecule is O=C(O)N1CC(Cn2cc(Br)c(C(F)(F)F)n2)C1. The van der Waals surface area contributed by atoms with Gasteiger partial charge >= 0.3 is 12.3 Å². The smallest absolute Gasteiger partial charge is 0.436 e. The predicted octanol–water partition coefficient (Wildman–Crippen LogP) is 2.27. The van der Waals surface area contributed by atoms with Crippen LogP contribution in [0.3, 0.4) is 0 Å². The number of nitrogens with zero attached hydrogens (tertiary/aromatic N) is 3. The van der Waals surface area contributed by atoms with Gasteiger partial charge in [0.05, 0.1) is 4.47 Å². The molecule has 0 atom stereocenters. The van der Waals surface area contributed by atoms with Gasteiger partial charge in [-0.05, 0) is 15.9 Å². The molecule has 9 heteroatoms. The van der Waals surface area contributed by atoms with Gasteiger partial charge in [0.15, 0.2) is 5.69 Å². The van der Waals surface area contributed by atoms with E-state index >= 15 is 0 Å². The van der Waals surface area contributed by atoms with Gasteiger partial charge in [-0.1, -0.05) is 0 Å². The predicted molar refractivity (Wildman–Crippen MR) is 58.0 cm³/mol. The molecular formula is C9H9BrF3N3O2. The molecule has 0 aliphatic carbocycles. The van der Waals surface area contributed by atoms with Gasteiger partial charge in [-0.15, -0.1) is 0 Å². The zero-order valence-corrected chi connectivity index (χ0v) is 10.6. The molecule has 1 aliphatic rings. The van der Waals surface area contributed by atoms with Gasteiger partial charge in [0.1, 0.15) is 0 Å². The number of aromatic nitrogens is 2. The fourth-order valence-corrected chi connectivity index (χ4v) is 2.33. The number of halogens is 4. The number of carbonyl (C=O) groups is 1. The van der Waals surface area contributed by atoms with Gasteiger partial charge in [0.25, 0.3) is 0 Å². The van der Waals surface area contributed by atoms with E-state index in [-0.39, 0.29) is 16.9 Å². The quantitative estimate of drug-likeness (QED) is 0.906. The highest BCUT2D eigenvalue weighted by Gasteiger charge is 2.37. The van der Waals surface area contributed by atoms with Crippen molar-refractivity contribution >= 4 is 22.0 Å². The van der Waals surface area contributed by atoms with E-state index in [0.29, 0.717) is 13.1 Å². The number of rotatable bonds is 2. The van der Waals surface area contributed by atoms with Crippen molar-refractivity contribution in [2.24, 2.45) is 5.92 Å². The molecule has 0 saturated carbocycles. The maximum Gasteiger partial charge on any atom is 0.436 e. The number of likely N-dealkylation sites (tertiary alicyclic amines) is 1. The third-order valence-electron chi connectivity index (χ3n) is 2.66. The number of alkyl halides is 3. The average Bonchev–Trinajstić information content (AvgIpc) is 2.51. The molecule has 1 aliphatic heterocycles. The van der Waals surface area contributed by atoms with E-state index in [1.54, 1.807) is 0 Å². The molecule has 1 aromatic rings. The number of hydrogen-bond donors (Lipinski definition) is 1. The van der Waals surface area contributed by atoms with Crippen LogP contribution in [0.1, 0.15) is 5.69 Å². The molecule has 0 aromatic carbocycles. The molecule has 2 rings (SSSR count). The second-order valence-corrected chi connectivity index (χ2v) is 4.95. The van der Waals surface area contributed by atoms with Crippen molar-refractivity contribution in [3.8, 4) is 0 Å². The summed E-state index contributed by atoms with van der Waals surface area (Å²) in [5.74, 6) is 0.00832. The van der Waals surface area contributed by atoms with E-state index in [9.17, 15) is 18.0 Å². The van der Waals surface area contributed by atoms with Gasteiger partial charge < -0.3 is 10.0 Å². The van der Waals surface area contributed by atoms with Gasteiger partial charge in [0.2, 0.25) is 0 Å². The van der Waals surface area contributed by atoms with Crippen LogP contribution in [-0.4, -0.2) is 39.0 Å². The minimum atomic E-state index is -4.49. The third-order valence-corrected chi connectivity index (χ3v) is 3.24. The van der Waals surface area contributed by atoms with Crippen molar-refractivity contribution < 1.29 is 23.1 Å². The summed E-state index contributed by atoms with van der Waals surface area (Å²) in [6.07, 6.45) is -4.24. The summed E-state index contributed by atoms with van der Waals surface area (Å²) in [6.45, 7) is 0.931. The Hall–Kier alpha value is -1.25. The fourth-order valence-electron chi connectivity index (χ4n) is 1.79. The summed E-state index contributed by atoms with van der Waals surface area (Å²) in [6, 6.07) is 0. The highest BCUT2D eigenvalue weighted by molar-refractivity contribution is 9.10. The minimum Gasteiger partial charge on any atom is -0.465 e. The summed E-state index contributed by atoms with van der Waals surface area (Å²) < 4.78 is 38.5. The lowest BCUT2D eigenvalue weighted by molar-refractivity contribution is -0.142. The summed E-state index contributed by atoms with van der Waals surface area (Å²) in [7, 11) is 0. The van der Waals surface area contributed by atoms with E-state index in [1.165, 1.54) is 15.8 Å². The van der Waals surface area contributed by atoms with Crippen molar-refractivity contribution in [2.75, 3.05) is 13.1 Å². The van der Waals surface area contributed by atoms with Crippen LogP contribution in [0.4, 0.5) is 18.0 Å². The molecular weight excluding hydrogens is 319 g/mol. The Labute approximate surface area is 108 Å².